The molecule has 2 aromatic rings. The molecule has 0 bridgehead atoms. The molecule has 2 aromatic carbocycles. The summed E-state index contributed by atoms with van der Waals surface area (Å²) < 4.78 is 11.5. The summed E-state index contributed by atoms with van der Waals surface area (Å²) >= 11 is 3.49. The van der Waals surface area contributed by atoms with E-state index in [0.29, 0.717) is 24.0 Å². The molecule has 5 nitrogen and oxygen atoms in total. The Morgan fingerprint density at radius 2 is 1.83 bits per heavy atom. The second kappa shape index (κ2) is 9.61. The van der Waals surface area contributed by atoms with Gasteiger partial charge in [-0.2, -0.15) is 0 Å². The zero-order chi connectivity index (χ0) is 15.9. The normalized spacial score (nSPS) is 10.7. The van der Waals surface area contributed by atoms with Gasteiger partial charge in [0, 0.05) is 16.2 Å². The topological polar surface area (TPSA) is 68.9 Å². The lowest BCUT2D eigenvalue weighted by molar-refractivity contribution is 0.355. The maximum atomic E-state index is 5.92. The fraction of sp³-hybridized carbons (Fsp3) is 0.188. The van der Waals surface area contributed by atoms with Gasteiger partial charge in [0.25, 0.3) is 0 Å². The van der Waals surface area contributed by atoms with Crippen molar-refractivity contribution in [3.8, 4) is 11.5 Å². The van der Waals surface area contributed by atoms with Crippen LogP contribution >= 0.6 is 39.9 Å². The van der Waals surface area contributed by atoms with Gasteiger partial charge in [0.1, 0.15) is 0 Å². The van der Waals surface area contributed by atoms with Gasteiger partial charge < -0.3 is 20.5 Å². The third-order valence-corrected chi connectivity index (χ3v) is 3.81. The summed E-state index contributed by atoms with van der Waals surface area (Å²) in [6.45, 7) is 0.494. The van der Waals surface area contributed by atoms with Crippen LogP contribution in [-0.4, -0.2) is 20.2 Å². The lowest BCUT2D eigenvalue weighted by Crippen LogP contribution is -2.22. The van der Waals surface area contributed by atoms with Crippen molar-refractivity contribution in [1.29, 1.82) is 0 Å². The molecule has 0 aliphatic heterocycles. The third kappa shape index (κ3) is 5.58. The lowest BCUT2D eigenvalue weighted by Gasteiger charge is -2.11. The van der Waals surface area contributed by atoms with Crippen molar-refractivity contribution in [3.05, 3.63) is 52.5 Å². The number of benzene rings is 2. The first-order valence-corrected chi connectivity index (χ1v) is 7.45. The highest BCUT2D eigenvalue weighted by molar-refractivity contribution is 14.0. The highest BCUT2D eigenvalue weighted by atomic mass is 127. The molecule has 0 amide bonds. The van der Waals surface area contributed by atoms with Crippen LogP contribution in [0.1, 0.15) is 5.56 Å². The van der Waals surface area contributed by atoms with Crippen LogP contribution in [0.5, 0.6) is 11.5 Å². The largest absolute Gasteiger partial charge is 0.493 e. The van der Waals surface area contributed by atoms with Crippen LogP contribution in [0.2, 0.25) is 0 Å². The van der Waals surface area contributed by atoms with Gasteiger partial charge in [-0.1, -0.05) is 34.1 Å². The average molecular weight is 492 g/mol. The summed E-state index contributed by atoms with van der Waals surface area (Å²) in [5.41, 5.74) is 7.77. The lowest BCUT2D eigenvalue weighted by atomic mass is 10.2. The molecule has 0 saturated heterocycles. The van der Waals surface area contributed by atoms with Crippen LogP contribution in [0.3, 0.4) is 0 Å². The van der Waals surface area contributed by atoms with Gasteiger partial charge in [0.15, 0.2) is 17.5 Å². The summed E-state index contributed by atoms with van der Waals surface area (Å²) in [7, 11) is 3.19. The SMILES string of the molecule is COc1ccc(NC(N)=NCc2ccccc2Br)cc1OC.I. The molecule has 0 heterocycles. The second-order valence-electron chi connectivity index (χ2n) is 4.49. The average Bonchev–Trinajstić information content (AvgIpc) is 2.54. The Morgan fingerprint density at radius 3 is 2.48 bits per heavy atom. The molecule has 0 aliphatic carbocycles. The molecule has 0 spiro atoms. The van der Waals surface area contributed by atoms with Crippen molar-refractivity contribution in [2.45, 2.75) is 6.54 Å². The Hall–Kier alpha value is -1.48. The fourth-order valence-corrected chi connectivity index (χ4v) is 2.31. The minimum absolute atomic E-state index is 0. The first-order valence-electron chi connectivity index (χ1n) is 6.66. The van der Waals surface area contributed by atoms with Crippen molar-refractivity contribution in [2.24, 2.45) is 10.7 Å². The van der Waals surface area contributed by atoms with Crippen LogP contribution in [0.25, 0.3) is 0 Å². The number of hydrogen-bond donors (Lipinski definition) is 2. The molecule has 0 aliphatic rings. The molecular formula is C16H19BrIN3O2. The van der Waals surface area contributed by atoms with Gasteiger partial charge in [-0.15, -0.1) is 24.0 Å². The molecular weight excluding hydrogens is 473 g/mol. The van der Waals surface area contributed by atoms with Gasteiger partial charge in [0.05, 0.1) is 20.8 Å². The van der Waals surface area contributed by atoms with E-state index in [2.05, 4.69) is 26.2 Å². The minimum Gasteiger partial charge on any atom is -0.493 e. The number of halogens is 2. The number of methoxy groups -OCH3 is 2. The first kappa shape index (κ1) is 19.6. The minimum atomic E-state index is 0. The van der Waals surface area contributed by atoms with Crippen molar-refractivity contribution in [3.63, 3.8) is 0 Å². The van der Waals surface area contributed by atoms with Gasteiger partial charge in [-0.25, -0.2) is 4.99 Å². The summed E-state index contributed by atoms with van der Waals surface area (Å²) in [4.78, 5) is 4.33. The van der Waals surface area contributed by atoms with Crippen molar-refractivity contribution >= 4 is 51.6 Å². The van der Waals surface area contributed by atoms with Crippen LogP contribution in [0.4, 0.5) is 5.69 Å². The highest BCUT2D eigenvalue weighted by Crippen LogP contribution is 2.29. The van der Waals surface area contributed by atoms with E-state index in [1.807, 2.05) is 36.4 Å². The van der Waals surface area contributed by atoms with Crippen molar-refractivity contribution in [2.75, 3.05) is 19.5 Å². The summed E-state index contributed by atoms with van der Waals surface area (Å²) in [5, 5.41) is 3.03. The van der Waals surface area contributed by atoms with Crippen LogP contribution in [0.15, 0.2) is 51.9 Å². The molecule has 7 heteroatoms. The van der Waals surface area contributed by atoms with Crippen LogP contribution < -0.4 is 20.5 Å². The standard InChI is InChI=1S/C16H18BrN3O2.HI/c1-21-14-8-7-12(9-15(14)22-2)20-16(18)19-10-11-5-3-4-6-13(11)17;/h3-9H,10H2,1-2H3,(H3,18,19,20);1H. The zero-order valence-corrected chi connectivity index (χ0v) is 16.8. The van der Waals surface area contributed by atoms with Gasteiger partial charge in [-0.3, -0.25) is 0 Å². The highest BCUT2D eigenvalue weighted by Gasteiger charge is 2.05. The Labute approximate surface area is 161 Å². The quantitative estimate of drug-likeness (QED) is 0.376. The van der Waals surface area contributed by atoms with Gasteiger partial charge in [0.2, 0.25) is 0 Å². The Bertz CT molecular complexity index is 680. The molecule has 0 radical (unpaired) electrons. The first-order chi connectivity index (χ1) is 10.6. The summed E-state index contributed by atoms with van der Waals surface area (Å²) in [5.74, 6) is 1.63. The van der Waals surface area contributed by atoms with Gasteiger partial charge >= 0.3 is 0 Å². The monoisotopic (exact) mass is 491 g/mol. The number of rotatable bonds is 5. The summed E-state index contributed by atoms with van der Waals surface area (Å²) in [6.07, 6.45) is 0. The Kier molecular flexibility index (Phi) is 8.18. The molecule has 124 valence electrons. The smallest absolute Gasteiger partial charge is 0.193 e. The number of aliphatic imine (C=N–C) groups is 1. The van der Waals surface area contributed by atoms with Crippen LogP contribution in [0, 0.1) is 0 Å². The zero-order valence-electron chi connectivity index (χ0n) is 12.9. The van der Waals surface area contributed by atoms with E-state index < -0.39 is 0 Å². The molecule has 3 N–H and O–H groups in total. The number of nitrogens with one attached hydrogen (secondary N) is 1. The van der Waals surface area contributed by atoms with E-state index in [-0.39, 0.29) is 24.0 Å². The molecule has 0 fully saturated rings. The van der Waals surface area contributed by atoms with E-state index in [0.717, 1.165) is 15.7 Å². The number of nitrogens with two attached hydrogens (primary N) is 1. The van der Waals surface area contributed by atoms with Crippen molar-refractivity contribution < 1.29 is 9.47 Å². The third-order valence-electron chi connectivity index (χ3n) is 3.03. The molecule has 2 rings (SSSR count). The molecule has 0 atom stereocenters. The Balaban J connectivity index is 0.00000264. The predicted octanol–water partition coefficient (Wildman–Crippen LogP) is 4.01. The Morgan fingerprint density at radius 1 is 1.13 bits per heavy atom. The van der Waals surface area contributed by atoms with E-state index >= 15 is 0 Å². The van der Waals surface area contributed by atoms with E-state index in [4.69, 9.17) is 15.2 Å². The number of hydrogen-bond acceptors (Lipinski definition) is 3. The molecule has 0 saturated carbocycles. The van der Waals surface area contributed by atoms with Gasteiger partial charge in [-0.05, 0) is 23.8 Å². The van der Waals surface area contributed by atoms with Crippen LogP contribution in [-0.2, 0) is 6.54 Å². The number of nitrogens with zero attached hydrogens (tertiary/aromatic N) is 1. The molecule has 0 aromatic heterocycles. The predicted molar refractivity (Wildman–Crippen MR) is 108 cm³/mol. The number of ether oxygens (including phenoxy) is 2. The fourth-order valence-electron chi connectivity index (χ4n) is 1.90. The van der Waals surface area contributed by atoms with E-state index in [9.17, 15) is 0 Å². The molecule has 0 unspecified atom stereocenters. The second-order valence-corrected chi connectivity index (χ2v) is 5.34. The maximum Gasteiger partial charge on any atom is 0.193 e. The maximum absolute atomic E-state index is 5.92. The van der Waals surface area contributed by atoms with E-state index in [1.165, 1.54) is 0 Å². The summed E-state index contributed by atoms with van der Waals surface area (Å²) in [6, 6.07) is 13.4. The molecule has 23 heavy (non-hydrogen) atoms. The number of guanidine groups is 1. The number of anilines is 1. The van der Waals surface area contributed by atoms with Crippen molar-refractivity contribution in [1.82, 2.24) is 0 Å². The van der Waals surface area contributed by atoms with E-state index in [1.54, 1.807) is 20.3 Å².